The Bertz CT molecular complexity index is 781. The number of nitrogens with one attached hydrogen (secondary N) is 1. The van der Waals surface area contributed by atoms with Crippen molar-refractivity contribution in [1.29, 1.82) is 0 Å². The van der Waals surface area contributed by atoms with Crippen LogP contribution < -0.4 is 5.32 Å². The first-order valence-electron chi connectivity index (χ1n) is 6.50. The van der Waals surface area contributed by atoms with Crippen molar-refractivity contribution in [2.24, 2.45) is 7.05 Å². The quantitative estimate of drug-likeness (QED) is 0.770. The third-order valence-electron chi connectivity index (χ3n) is 3.15. The smallest absolute Gasteiger partial charge is 0.223 e. The van der Waals surface area contributed by atoms with Crippen molar-refractivity contribution in [1.82, 2.24) is 29.9 Å². The molecule has 0 aromatic carbocycles. The molecule has 0 saturated heterocycles. The van der Waals surface area contributed by atoms with Crippen LogP contribution in [0.15, 0.2) is 15.5 Å². The Balaban J connectivity index is 2.00. The molecule has 1 unspecified atom stereocenters. The average Bonchev–Trinajstić information content (AvgIpc) is 3.01. The van der Waals surface area contributed by atoms with E-state index in [-0.39, 0.29) is 6.04 Å². The summed E-state index contributed by atoms with van der Waals surface area (Å²) in [5.74, 6) is 1.84. The van der Waals surface area contributed by atoms with E-state index >= 15 is 0 Å². The lowest BCUT2D eigenvalue weighted by atomic mass is 10.2. The maximum absolute atomic E-state index is 5.04. The highest BCUT2D eigenvalue weighted by molar-refractivity contribution is 9.10. The number of aryl methyl sites for hydroxylation is 2. The summed E-state index contributed by atoms with van der Waals surface area (Å²) in [4.78, 5) is 12.8. The van der Waals surface area contributed by atoms with Crippen molar-refractivity contribution in [3.05, 3.63) is 22.6 Å². The predicted octanol–water partition coefficient (Wildman–Crippen LogP) is 2.38. The molecule has 3 aromatic heterocycles. The molecule has 1 atom stereocenters. The van der Waals surface area contributed by atoms with Crippen LogP contribution in [0.25, 0.3) is 11.0 Å². The van der Waals surface area contributed by atoms with E-state index in [0.717, 1.165) is 17.5 Å². The highest BCUT2D eigenvalue weighted by Crippen LogP contribution is 2.29. The van der Waals surface area contributed by atoms with Crippen LogP contribution in [0, 0.1) is 6.92 Å². The molecule has 0 aliphatic rings. The molecule has 0 fully saturated rings. The van der Waals surface area contributed by atoms with Gasteiger partial charge in [-0.05, 0) is 22.4 Å². The number of hydrogen-bond donors (Lipinski definition) is 1. The number of nitrogens with zero attached hydrogens (tertiary/aromatic N) is 6. The van der Waals surface area contributed by atoms with Crippen molar-refractivity contribution in [2.75, 3.05) is 5.32 Å². The van der Waals surface area contributed by atoms with Gasteiger partial charge in [-0.1, -0.05) is 12.1 Å². The summed E-state index contributed by atoms with van der Waals surface area (Å²) in [5.41, 5.74) is 0.749. The number of aromatic nitrogens is 6. The summed E-state index contributed by atoms with van der Waals surface area (Å²) < 4.78 is 7.44. The third kappa shape index (κ3) is 2.48. The monoisotopic (exact) mass is 351 g/mol. The highest BCUT2D eigenvalue weighted by Gasteiger charge is 2.19. The van der Waals surface area contributed by atoms with Gasteiger partial charge in [-0.3, -0.25) is 0 Å². The molecule has 1 N–H and O–H groups in total. The standard InChI is InChI=1S/C12H14BrN7O/c1-4-7(10-16-6(2)21-19-10)17-11-8-9(13)18-20(3)12(8)15-5-14-11/h5,7H,4H2,1-3H3,(H,14,15,17). The van der Waals surface area contributed by atoms with Crippen molar-refractivity contribution < 1.29 is 4.52 Å². The lowest BCUT2D eigenvalue weighted by Crippen LogP contribution is -2.13. The number of halogens is 1. The summed E-state index contributed by atoms with van der Waals surface area (Å²) in [5, 5.41) is 12.4. The molecule has 0 aliphatic carbocycles. The zero-order valence-corrected chi connectivity index (χ0v) is 13.4. The van der Waals surface area contributed by atoms with Crippen molar-refractivity contribution >= 4 is 32.8 Å². The van der Waals surface area contributed by atoms with Gasteiger partial charge < -0.3 is 9.84 Å². The Morgan fingerprint density at radius 2 is 2.24 bits per heavy atom. The molecule has 0 bridgehead atoms. The van der Waals surface area contributed by atoms with E-state index in [1.165, 1.54) is 6.33 Å². The molecule has 3 rings (SSSR count). The van der Waals surface area contributed by atoms with Crippen LogP contribution in [0.2, 0.25) is 0 Å². The lowest BCUT2D eigenvalue weighted by Gasteiger charge is -2.14. The van der Waals surface area contributed by atoms with E-state index < -0.39 is 0 Å². The normalized spacial score (nSPS) is 12.8. The molecule has 110 valence electrons. The van der Waals surface area contributed by atoms with E-state index in [1.807, 2.05) is 14.0 Å². The minimum absolute atomic E-state index is 0.0901. The lowest BCUT2D eigenvalue weighted by molar-refractivity contribution is 0.384. The van der Waals surface area contributed by atoms with Crippen LogP contribution in [0.3, 0.4) is 0 Å². The van der Waals surface area contributed by atoms with E-state index in [2.05, 4.69) is 46.5 Å². The fraction of sp³-hybridized carbons (Fsp3) is 0.417. The zero-order chi connectivity index (χ0) is 15.0. The summed E-state index contributed by atoms with van der Waals surface area (Å²) in [6, 6.07) is -0.0901. The van der Waals surface area contributed by atoms with Crippen LogP contribution in [0.5, 0.6) is 0 Å². The molecule has 0 amide bonds. The van der Waals surface area contributed by atoms with Gasteiger partial charge >= 0.3 is 0 Å². The van der Waals surface area contributed by atoms with Crippen molar-refractivity contribution in [3.8, 4) is 0 Å². The minimum Gasteiger partial charge on any atom is -0.359 e. The van der Waals surface area contributed by atoms with Gasteiger partial charge in [-0.15, -0.1) is 0 Å². The van der Waals surface area contributed by atoms with E-state index in [9.17, 15) is 0 Å². The van der Waals surface area contributed by atoms with Gasteiger partial charge in [0.15, 0.2) is 11.5 Å². The second-order valence-corrected chi connectivity index (χ2v) is 5.36. The number of fused-ring (bicyclic) bond motifs is 1. The Morgan fingerprint density at radius 3 is 2.90 bits per heavy atom. The first-order chi connectivity index (χ1) is 10.1. The molecule has 0 radical (unpaired) electrons. The first-order valence-corrected chi connectivity index (χ1v) is 7.29. The van der Waals surface area contributed by atoms with Crippen LogP contribution in [-0.2, 0) is 7.05 Å². The Hall–Kier alpha value is -2.03. The molecule has 0 aliphatic heterocycles. The molecule has 21 heavy (non-hydrogen) atoms. The number of rotatable bonds is 4. The second-order valence-electron chi connectivity index (χ2n) is 4.61. The predicted molar refractivity (Wildman–Crippen MR) is 79.7 cm³/mol. The summed E-state index contributed by atoms with van der Waals surface area (Å²) >= 11 is 3.44. The maximum atomic E-state index is 5.04. The van der Waals surface area contributed by atoms with Gasteiger partial charge in [0.05, 0.1) is 11.4 Å². The molecule has 0 saturated carbocycles. The molecule has 3 heterocycles. The molecule has 0 spiro atoms. The van der Waals surface area contributed by atoms with Gasteiger partial charge in [0.25, 0.3) is 0 Å². The molecule has 9 heteroatoms. The van der Waals surface area contributed by atoms with Gasteiger partial charge in [0.1, 0.15) is 16.7 Å². The van der Waals surface area contributed by atoms with Crippen LogP contribution in [0.4, 0.5) is 5.82 Å². The van der Waals surface area contributed by atoms with Crippen LogP contribution >= 0.6 is 15.9 Å². The number of hydrogen-bond acceptors (Lipinski definition) is 7. The maximum Gasteiger partial charge on any atom is 0.223 e. The minimum atomic E-state index is -0.0901. The van der Waals surface area contributed by atoms with Gasteiger partial charge in [0.2, 0.25) is 5.89 Å². The molecule has 8 nitrogen and oxygen atoms in total. The topological polar surface area (TPSA) is 94.6 Å². The van der Waals surface area contributed by atoms with E-state index in [1.54, 1.807) is 11.6 Å². The Morgan fingerprint density at radius 1 is 1.43 bits per heavy atom. The zero-order valence-electron chi connectivity index (χ0n) is 11.8. The fourth-order valence-electron chi connectivity index (χ4n) is 2.12. The van der Waals surface area contributed by atoms with Crippen molar-refractivity contribution in [3.63, 3.8) is 0 Å². The van der Waals surface area contributed by atoms with Gasteiger partial charge in [0, 0.05) is 14.0 Å². The highest BCUT2D eigenvalue weighted by atomic mass is 79.9. The van der Waals surface area contributed by atoms with Crippen LogP contribution in [0.1, 0.15) is 31.1 Å². The molecular formula is C12H14BrN7O. The van der Waals surface area contributed by atoms with E-state index in [4.69, 9.17) is 4.52 Å². The van der Waals surface area contributed by atoms with Gasteiger partial charge in [-0.25, -0.2) is 14.6 Å². The Kier molecular flexibility index (Phi) is 3.58. The first kappa shape index (κ1) is 13.9. The largest absolute Gasteiger partial charge is 0.359 e. The van der Waals surface area contributed by atoms with Crippen LogP contribution in [-0.4, -0.2) is 29.9 Å². The summed E-state index contributed by atoms with van der Waals surface area (Å²) in [6.07, 6.45) is 2.30. The fourth-order valence-corrected chi connectivity index (χ4v) is 2.72. The van der Waals surface area contributed by atoms with Gasteiger partial charge in [-0.2, -0.15) is 10.1 Å². The number of anilines is 1. The van der Waals surface area contributed by atoms with Crippen molar-refractivity contribution in [2.45, 2.75) is 26.3 Å². The third-order valence-corrected chi connectivity index (χ3v) is 3.71. The van der Waals surface area contributed by atoms with E-state index in [0.29, 0.717) is 22.1 Å². The average molecular weight is 352 g/mol. The summed E-state index contributed by atoms with van der Waals surface area (Å²) in [7, 11) is 1.84. The molecule has 3 aromatic rings. The SMILES string of the molecule is CCC(Nc1ncnc2c1c(Br)nn2C)c1noc(C)n1. The molecular weight excluding hydrogens is 338 g/mol. The second kappa shape index (κ2) is 5.40. The summed E-state index contributed by atoms with van der Waals surface area (Å²) in [6.45, 7) is 3.81. The Labute approximate surface area is 129 Å².